The summed E-state index contributed by atoms with van der Waals surface area (Å²) in [4.78, 5) is 28.2. The van der Waals surface area contributed by atoms with Crippen LogP contribution in [0.4, 0.5) is 5.69 Å². The molecule has 1 aliphatic heterocycles. The molecular weight excluding hydrogens is 466 g/mol. The Kier molecular flexibility index (Phi) is 7.67. The highest BCUT2D eigenvalue weighted by atomic mass is 16.5. The van der Waals surface area contributed by atoms with Gasteiger partial charge in [0.2, 0.25) is 0 Å². The van der Waals surface area contributed by atoms with Crippen molar-refractivity contribution < 1.29 is 24.2 Å². The first-order chi connectivity index (χ1) is 17.7. The number of aliphatic hydroxyl groups excluding tert-OH is 1. The lowest BCUT2D eigenvalue weighted by Crippen LogP contribution is -2.29. The third-order valence-electron chi connectivity index (χ3n) is 6.01. The molecule has 3 aromatic carbocycles. The molecule has 192 valence electrons. The summed E-state index contributed by atoms with van der Waals surface area (Å²) in [6.45, 7) is 10.5. The molecule has 1 fully saturated rings. The van der Waals surface area contributed by atoms with E-state index in [0.29, 0.717) is 40.8 Å². The van der Waals surface area contributed by atoms with E-state index in [2.05, 4.69) is 13.8 Å². The maximum absolute atomic E-state index is 13.4. The number of ether oxygens (including phenoxy) is 2. The number of aliphatic hydroxyl groups is 1. The fourth-order valence-corrected chi connectivity index (χ4v) is 4.27. The number of ketones is 1. The molecule has 0 radical (unpaired) electrons. The monoisotopic (exact) mass is 499 g/mol. The summed E-state index contributed by atoms with van der Waals surface area (Å²) in [6, 6.07) is 20.8. The number of benzene rings is 3. The lowest BCUT2D eigenvalue weighted by molar-refractivity contribution is -0.132. The highest BCUT2D eigenvalue weighted by Gasteiger charge is 2.47. The minimum absolute atomic E-state index is 0.0307. The first kappa shape index (κ1) is 26.0. The Morgan fingerprint density at radius 1 is 0.919 bits per heavy atom. The van der Waals surface area contributed by atoms with Crippen molar-refractivity contribution in [3.05, 3.63) is 95.1 Å². The summed E-state index contributed by atoms with van der Waals surface area (Å²) >= 11 is 0. The van der Waals surface area contributed by atoms with Gasteiger partial charge in [-0.2, -0.15) is 0 Å². The Morgan fingerprint density at radius 2 is 1.59 bits per heavy atom. The number of aryl methyl sites for hydroxylation is 1. The molecule has 1 heterocycles. The van der Waals surface area contributed by atoms with E-state index in [-0.39, 0.29) is 17.4 Å². The molecular formula is C31H33NO5. The van der Waals surface area contributed by atoms with Crippen LogP contribution in [0.1, 0.15) is 50.4 Å². The van der Waals surface area contributed by atoms with E-state index in [4.69, 9.17) is 9.47 Å². The van der Waals surface area contributed by atoms with Gasteiger partial charge in [-0.05, 0) is 68.7 Å². The van der Waals surface area contributed by atoms with E-state index in [1.165, 1.54) is 4.90 Å². The molecule has 0 aliphatic carbocycles. The third-order valence-corrected chi connectivity index (χ3v) is 6.01. The number of hydrogen-bond acceptors (Lipinski definition) is 5. The van der Waals surface area contributed by atoms with Crippen molar-refractivity contribution in [1.29, 1.82) is 0 Å². The van der Waals surface area contributed by atoms with E-state index in [1.807, 2.05) is 69.3 Å². The first-order valence-corrected chi connectivity index (χ1v) is 12.5. The summed E-state index contributed by atoms with van der Waals surface area (Å²) in [5, 5.41) is 11.4. The predicted octanol–water partition coefficient (Wildman–Crippen LogP) is 6.44. The van der Waals surface area contributed by atoms with Crippen molar-refractivity contribution in [1.82, 2.24) is 0 Å². The second-order valence-corrected chi connectivity index (χ2v) is 9.97. The van der Waals surface area contributed by atoms with Crippen molar-refractivity contribution >= 4 is 23.1 Å². The number of hydrogen-bond donors (Lipinski definition) is 1. The number of carbonyl (C=O) groups excluding carboxylic acids is 2. The van der Waals surface area contributed by atoms with Crippen LogP contribution in [0.15, 0.2) is 78.4 Å². The number of anilines is 1. The predicted molar refractivity (Wildman–Crippen MR) is 145 cm³/mol. The average Bonchev–Trinajstić information content (AvgIpc) is 3.13. The maximum Gasteiger partial charge on any atom is 0.300 e. The number of carbonyl (C=O) groups is 2. The van der Waals surface area contributed by atoms with Crippen molar-refractivity contribution in [2.75, 3.05) is 11.5 Å². The van der Waals surface area contributed by atoms with Crippen LogP contribution in [0.3, 0.4) is 0 Å². The van der Waals surface area contributed by atoms with Gasteiger partial charge in [0.1, 0.15) is 17.3 Å². The zero-order chi connectivity index (χ0) is 26.7. The molecule has 1 saturated heterocycles. The molecule has 1 unspecified atom stereocenters. The molecule has 0 spiro atoms. The largest absolute Gasteiger partial charge is 0.507 e. The van der Waals surface area contributed by atoms with Gasteiger partial charge in [-0.15, -0.1) is 0 Å². The van der Waals surface area contributed by atoms with Gasteiger partial charge < -0.3 is 14.6 Å². The number of Topliss-reactive ketones (excluding diaryl/α,β-unsaturated/α-hetero) is 1. The van der Waals surface area contributed by atoms with Crippen LogP contribution in [0.25, 0.3) is 5.76 Å². The molecule has 1 atom stereocenters. The van der Waals surface area contributed by atoms with Gasteiger partial charge in [0.15, 0.2) is 0 Å². The molecule has 1 aliphatic rings. The quantitative estimate of drug-likeness (QED) is 0.219. The van der Waals surface area contributed by atoms with Crippen LogP contribution in [0.2, 0.25) is 0 Å². The Hall–Kier alpha value is -4.06. The first-order valence-electron chi connectivity index (χ1n) is 12.5. The number of amides is 1. The smallest absolute Gasteiger partial charge is 0.300 e. The van der Waals surface area contributed by atoms with Crippen LogP contribution in [-0.4, -0.2) is 29.5 Å². The summed E-state index contributed by atoms with van der Waals surface area (Å²) in [6.07, 6.45) is -0.0547. The van der Waals surface area contributed by atoms with Gasteiger partial charge >= 0.3 is 0 Å². The zero-order valence-corrected chi connectivity index (χ0v) is 21.9. The lowest BCUT2D eigenvalue weighted by Gasteiger charge is -2.26. The Morgan fingerprint density at radius 3 is 2.22 bits per heavy atom. The topological polar surface area (TPSA) is 76.1 Å². The Balaban J connectivity index is 1.83. The summed E-state index contributed by atoms with van der Waals surface area (Å²) in [7, 11) is 0. The fraction of sp³-hybridized carbons (Fsp3) is 0.290. The second kappa shape index (κ2) is 10.9. The van der Waals surface area contributed by atoms with Crippen LogP contribution >= 0.6 is 0 Å². The Bertz CT molecular complexity index is 1310. The molecule has 1 N–H and O–H groups in total. The lowest BCUT2D eigenvalue weighted by atomic mass is 9.95. The molecule has 37 heavy (non-hydrogen) atoms. The number of rotatable bonds is 8. The van der Waals surface area contributed by atoms with Crippen LogP contribution in [0.5, 0.6) is 11.5 Å². The summed E-state index contributed by atoms with van der Waals surface area (Å²) < 4.78 is 11.6. The van der Waals surface area contributed by atoms with Crippen molar-refractivity contribution in [2.24, 2.45) is 5.92 Å². The third kappa shape index (κ3) is 5.69. The molecule has 4 rings (SSSR count). The highest BCUT2D eigenvalue weighted by molar-refractivity contribution is 6.51. The van der Waals surface area contributed by atoms with E-state index < -0.39 is 17.7 Å². The Labute approximate surface area is 218 Å². The summed E-state index contributed by atoms with van der Waals surface area (Å²) in [5.74, 6) is -0.0298. The highest BCUT2D eigenvalue weighted by Crippen LogP contribution is 2.42. The SMILES string of the molecule is Cc1ccc(N2C(=O)C(=O)/C(=C(\O)c3cccc(OC(C)C)c3)C2c2ccc(OCC(C)C)cc2)cc1. The zero-order valence-electron chi connectivity index (χ0n) is 21.9. The molecule has 1 amide bonds. The summed E-state index contributed by atoms with van der Waals surface area (Å²) in [5.41, 5.74) is 2.73. The average molecular weight is 500 g/mol. The van der Waals surface area contributed by atoms with Gasteiger partial charge in [-0.1, -0.05) is 55.8 Å². The van der Waals surface area contributed by atoms with Crippen LogP contribution in [0, 0.1) is 12.8 Å². The van der Waals surface area contributed by atoms with Gasteiger partial charge in [-0.3, -0.25) is 14.5 Å². The van der Waals surface area contributed by atoms with Gasteiger partial charge in [0.25, 0.3) is 11.7 Å². The van der Waals surface area contributed by atoms with Crippen molar-refractivity contribution in [3.63, 3.8) is 0 Å². The minimum atomic E-state index is -0.809. The standard InChI is InChI=1S/C31H33NO5/c1-19(2)18-36-25-15-11-22(12-16-25)28-27(29(33)23-7-6-8-26(17-23)37-20(3)4)30(34)31(35)32(28)24-13-9-21(5)10-14-24/h6-17,19-20,28,33H,18H2,1-5H3/b29-27-. The van der Waals surface area contributed by atoms with Gasteiger partial charge in [-0.25, -0.2) is 0 Å². The van der Waals surface area contributed by atoms with E-state index in [9.17, 15) is 14.7 Å². The van der Waals surface area contributed by atoms with E-state index in [0.717, 1.165) is 5.56 Å². The van der Waals surface area contributed by atoms with Gasteiger partial charge in [0, 0.05) is 11.3 Å². The molecule has 0 bridgehead atoms. The van der Waals surface area contributed by atoms with E-state index >= 15 is 0 Å². The van der Waals surface area contributed by atoms with Crippen molar-refractivity contribution in [3.8, 4) is 11.5 Å². The molecule has 6 heteroatoms. The van der Waals surface area contributed by atoms with Gasteiger partial charge in [0.05, 0.1) is 24.3 Å². The maximum atomic E-state index is 13.4. The minimum Gasteiger partial charge on any atom is -0.507 e. The van der Waals surface area contributed by atoms with Crippen LogP contribution < -0.4 is 14.4 Å². The second-order valence-electron chi connectivity index (χ2n) is 9.97. The molecule has 0 aromatic heterocycles. The number of nitrogens with zero attached hydrogens (tertiary/aromatic N) is 1. The molecule has 0 saturated carbocycles. The van der Waals surface area contributed by atoms with E-state index in [1.54, 1.807) is 24.3 Å². The van der Waals surface area contributed by atoms with Crippen molar-refractivity contribution in [2.45, 2.75) is 46.8 Å². The normalized spacial score (nSPS) is 17.1. The fourth-order valence-electron chi connectivity index (χ4n) is 4.27. The molecule has 6 nitrogen and oxygen atoms in total. The van der Waals surface area contributed by atoms with Crippen LogP contribution in [-0.2, 0) is 9.59 Å². The molecule has 3 aromatic rings.